The molecule has 0 aromatic carbocycles. The van der Waals surface area contributed by atoms with E-state index in [1.165, 1.54) is 58.0 Å². The van der Waals surface area contributed by atoms with Crippen LogP contribution in [0, 0.1) is 11.3 Å². The molecule has 1 saturated heterocycles. The second kappa shape index (κ2) is 5.50. The molecule has 0 amide bonds. The van der Waals surface area contributed by atoms with Gasteiger partial charge in [-0.25, -0.2) is 0 Å². The minimum Gasteiger partial charge on any atom is -0.396 e. The van der Waals surface area contributed by atoms with E-state index in [2.05, 4.69) is 11.8 Å². The van der Waals surface area contributed by atoms with Crippen LogP contribution in [0.15, 0.2) is 0 Å². The number of rotatable bonds is 3. The van der Waals surface area contributed by atoms with Gasteiger partial charge in [0.2, 0.25) is 0 Å². The van der Waals surface area contributed by atoms with Crippen molar-refractivity contribution >= 4 is 0 Å². The SMILES string of the molecule is CC1CCN(CC2(CO)CCCCCC2)C1. The quantitative estimate of drug-likeness (QED) is 0.746. The molecule has 1 atom stereocenters. The molecule has 2 nitrogen and oxygen atoms in total. The van der Waals surface area contributed by atoms with Gasteiger partial charge < -0.3 is 10.0 Å². The largest absolute Gasteiger partial charge is 0.396 e. The number of hydrogen-bond acceptors (Lipinski definition) is 2. The van der Waals surface area contributed by atoms with Crippen LogP contribution in [0.2, 0.25) is 0 Å². The van der Waals surface area contributed by atoms with Crippen molar-refractivity contribution in [2.45, 2.75) is 51.9 Å². The normalized spacial score (nSPS) is 31.5. The van der Waals surface area contributed by atoms with Gasteiger partial charge in [0.25, 0.3) is 0 Å². The Hall–Kier alpha value is -0.0800. The molecular weight excluding hydrogens is 198 g/mol. The number of likely N-dealkylation sites (tertiary alicyclic amines) is 1. The van der Waals surface area contributed by atoms with E-state index in [1.54, 1.807) is 0 Å². The van der Waals surface area contributed by atoms with Crippen LogP contribution in [-0.2, 0) is 0 Å². The molecule has 1 saturated carbocycles. The number of aliphatic hydroxyl groups excluding tert-OH is 1. The molecule has 1 aliphatic heterocycles. The summed E-state index contributed by atoms with van der Waals surface area (Å²) in [5.41, 5.74) is 0.237. The first-order valence-corrected chi connectivity index (χ1v) is 7.07. The lowest BCUT2D eigenvalue weighted by Crippen LogP contribution is -2.39. The highest BCUT2D eigenvalue weighted by molar-refractivity contribution is 4.86. The van der Waals surface area contributed by atoms with Gasteiger partial charge in [-0.15, -0.1) is 0 Å². The Morgan fingerprint density at radius 1 is 1.19 bits per heavy atom. The first-order chi connectivity index (χ1) is 7.74. The third kappa shape index (κ3) is 2.98. The van der Waals surface area contributed by atoms with Crippen molar-refractivity contribution in [1.82, 2.24) is 4.90 Å². The van der Waals surface area contributed by atoms with E-state index in [0.717, 1.165) is 12.5 Å². The van der Waals surface area contributed by atoms with E-state index in [-0.39, 0.29) is 5.41 Å². The van der Waals surface area contributed by atoms with Gasteiger partial charge in [-0.1, -0.05) is 32.6 Å². The zero-order valence-electron chi connectivity index (χ0n) is 10.7. The summed E-state index contributed by atoms with van der Waals surface area (Å²) in [6.45, 7) is 6.40. The zero-order chi connectivity index (χ0) is 11.4. The Morgan fingerprint density at radius 3 is 2.38 bits per heavy atom. The van der Waals surface area contributed by atoms with E-state index in [9.17, 15) is 5.11 Å². The van der Waals surface area contributed by atoms with E-state index in [1.807, 2.05) is 0 Å². The molecule has 2 rings (SSSR count). The number of nitrogens with zero attached hydrogens (tertiary/aromatic N) is 1. The number of hydrogen-bond donors (Lipinski definition) is 1. The predicted molar refractivity (Wildman–Crippen MR) is 67.4 cm³/mol. The van der Waals surface area contributed by atoms with Gasteiger partial charge in [0.1, 0.15) is 0 Å². The van der Waals surface area contributed by atoms with Crippen molar-refractivity contribution in [3.63, 3.8) is 0 Å². The third-order valence-electron chi connectivity index (χ3n) is 4.57. The minimum atomic E-state index is 0.237. The molecule has 2 heteroatoms. The molecule has 0 spiro atoms. The monoisotopic (exact) mass is 225 g/mol. The Kier molecular flexibility index (Phi) is 4.26. The Labute approximate surface area is 100 Å². The van der Waals surface area contributed by atoms with E-state index in [0.29, 0.717) is 6.61 Å². The van der Waals surface area contributed by atoms with Crippen molar-refractivity contribution in [3.05, 3.63) is 0 Å². The Bertz CT molecular complexity index is 209. The van der Waals surface area contributed by atoms with Crippen molar-refractivity contribution in [1.29, 1.82) is 0 Å². The van der Waals surface area contributed by atoms with Gasteiger partial charge in [0, 0.05) is 25.1 Å². The van der Waals surface area contributed by atoms with Crippen LogP contribution in [-0.4, -0.2) is 36.2 Å². The highest BCUT2D eigenvalue weighted by Crippen LogP contribution is 2.36. The molecule has 2 aliphatic rings. The molecule has 1 heterocycles. The predicted octanol–water partition coefficient (Wildman–Crippen LogP) is 2.66. The maximum atomic E-state index is 9.77. The van der Waals surface area contributed by atoms with Gasteiger partial charge in [0.15, 0.2) is 0 Å². The second-order valence-electron chi connectivity index (χ2n) is 6.20. The first kappa shape index (κ1) is 12.4. The molecule has 0 aromatic heterocycles. The molecule has 1 aliphatic carbocycles. The van der Waals surface area contributed by atoms with Crippen LogP contribution in [0.5, 0.6) is 0 Å². The topological polar surface area (TPSA) is 23.5 Å². The first-order valence-electron chi connectivity index (χ1n) is 7.07. The van der Waals surface area contributed by atoms with Crippen molar-refractivity contribution in [3.8, 4) is 0 Å². The smallest absolute Gasteiger partial charge is 0.0499 e. The lowest BCUT2D eigenvalue weighted by molar-refractivity contribution is 0.0670. The van der Waals surface area contributed by atoms with E-state index >= 15 is 0 Å². The Morgan fingerprint density at radius 2 is 1.88 bits per heavy atom. The molecule has 16 heavy (non-hydrogen) atoms. The molecule has 1 N–H and O–H groups in total. The van der Waals surface area contributed by atoms with Crippen LogP contribution < -0.4 is 0 Å². The summed E-state index contributed by atoms with van der Waals surface area (Å²) in [5.74, 6) is 0.863. The van der Waals surface area contributed by atoms with Gasteiger partial charge in [-0.05, 0) is 31.7 Å². The zero-order valence-corrected chi connectivity index (χ0v) is 10.7. The van der Waals surface area contributed by atoms with E-state index in [4.69, 9.17) is 0 Å². The van der Waals surface area contributed by atoms with Crippen LogP contribution in [0.1, 0.15) is 51.9 Å². The maximum Gasteiger partial charge on any atom is 0.0499 e. The van der Waals surface area contributed by atoms with Crippen molar-refractivity contribution in [2.75, 3.05) is 26.2 Å². The summed E-state index contributed by atoms with van der Waals surface area (Å²) in [5, 5.41) is 9.77. The summed E-state index contributed by atoms with van der Waals surface area (Å²) in [4.78, 5) is 2.59. The molecule has 2 fully saturated rings. The fourth-order valence-electron chi connectivity index (χ4n) is 3.49. The van der Waals surface area contributed by atoms with Gasteiger partial charge >= 0.3 is 0 Å². The lowest BCUT2D eigenvalue weighted by atomic mass is 9.80. The van der Waals surface area contributed by atoms with Crippen molar-refractivity contribution in [2.24, 2.45) is 11.3 Å². The highest BCUT2D eigenvalue weighted by Gasteiger charge is 2.33. The van der Waals surface area contributed by atoms with Crippen molar-refractivity contribution < 1.29 is 5.11 Å². The summed E-state index contributed by atoms with van der Waals surface area (Å²) >= 11 is 0. The summed E-state index contributed by atoms with van der Waals surface area (Å²) < 4.78 is 0. The van der Waals surface area contributed by atoms with Crippen LogP contribution >= 0.6 is 0 Å². The fraction of sp³-hybridized carbons (Fsp3) is 1.00. The van der Waals surface area contributed by atoms with Gasteiger partial charge in [0.05, 0.1) is 0 Å². The standard InChI is InChI=1S/C14H27NO/c1-13-6-9-15(10-13)11-14(12-16)7-4-2-3-5-8-14/h13,16H,2-12H2,1H3. The lowest BCUT2D eigenvalue weighted by Gasteiger charge is -2.35. The van der Waals surface area contributed by atoms with E-state index < -0.39 is 0 Å². The summed E-state index contributed by atoms with van der Waals surface area (Å²) in [6.07, 6.45) is 9.23. The third-order valence-corrected chi connectivity index (χ3v) is 4.57. The fourth-order valence-corrected chi connectivity index (χ4v) is 3.49. The van der Waals surface area contributed by atoms with Crippen LogP contribution in [0.4, 0.5) is 0 Å². The molecule has 0 bridgehead atoms. The highest BCUT2D eigenvalue weighted by atomic mass is 16.3. The van der Waals surface area contributed by atoms with Crippen LogP contribution in [0.25, 0.3) is 0 Å². The molecule has 0 aromatic rings. The summed E-state index contributed by atoms with van der Waals surface area (Å²) in [6, 6.07) is 0. The average Bonchev–Trinajstić information content (AvgIpc) is 2.54. The average molecular weight is 225 g/mol. The summed E-state index contributed by atoms with van der Waals surface area (Å²) in [7, 11) is 0. The molecule has 1 unspecified atom stereocenters. The molecule has 0 radical (unpaired) electrons. The molecule has 94 valence electrons. The van der Waals surface area contributed by atoms with Gasteiger partial charge in [-0.2, -0.15) is 0 Å². The van der Waals surface area contributed by atoms with Crippen LogP contribution in [0.3, 0.4) is 0 Å². The van der Waals surface area contributed by atoms with Gasteiger partial charge in [-0.3, -0.25) is 0 Å². The molecular formula is C14H27NO. The number of aliphatic hydroxyl groups is 1. The Balaban J connectivity index is 1.92. The second-order valence-corrected chi connectivity index (χ2v) is 6.20. The maximum absolute atomic E-state index is 9.77. The minimum absolute atomic E-state index is 0.237.